The zero-order valence-corrected chi connectivity index (χ0v) is 13.3. The number of amides is 1. The summed E-state index contributed by atoms with van der Waals surface area (Å²) >= 11 is 3.47. The lowest BCUT2D eigenvalue weighted by Gasteiger charge is -2.10. The minimum atomic E-state index is 0.0808. The minimum Gasteiger partial charge on any atom is -0.385 e. The lowest BCUT2D eigenvalue weighted by molar-refractivity contribution is -0.121. The van der Waals surface area contributed by atoms with Crippen LogP contribution in [-0.2, 0) is 4.79 Å². The fourth-order valence-corrected chi connectivity index (χ4v) is 2.42. The van der Waals surface area contributed by atoms with E-state index in [2.05, 4.69) is 50.8 Å². The van der Waals surface area contributed by atoms with Gasteiger partial charge in [0, 0.05) is 29.2 Å². The standard InChI is InChI=1S/C16H19BrN2O/c1-11(2)19-16(20)7-8-18-15-6-4-12-9-14(17)5-3-13(12)10-15/h3-6,9-11,18H,7-8H2,1-2H3,(H,19,20). The van der Waals surface area contributed by atoms with Gasteiger partial charge < -0.3 is 10.6 Å². The molecular formula is C16H19BrN2O. The lowest BCUT2D eigenvalue weighted by atomic mass is 10.1. The number of carbonyl (C=O) groups excluding carboxylic acids is 1. The highest BCUT2D eigenvalue weighted by Gasteiger charge is 2.03. The average molecular weight is 335 g/mol. The molecular weight excluding hydrogens is 316 g/mol. The van der Waals surface area contributed by atoms with Crippen molar-refractivity contribution >= 4 is 38.3 Å². The first-order valence-corrected chi connectivity index (χ1v) is 7.56. The number of rotatable bonds is 5. The van der Waals surface area contributed by atoms with Crippen LogP contribution in [0.3, 0.4) is 0 Å². The highest BCUT2D eigenvalue weighted by molar-refractivity contribution is 9.10. The van der Waals surface area contributed by atoms with Crippen LogP contribution in [-0.4, -0.2) is 18.5 Å². The Hall–Kier alpha value is -1.55. The topological polar surface area (TPSA) is 41.1 Å². The van der Waals surface area contributed by atoms with Crippen molar-refractivity contribution in [3.8, 4) is 0 Å². The largest absolute Gasteiger partial charge is 0.385 e. The molecule has 0 saturated carbocycles. The van der Waals surface area contributed by atoms with E-state index in [0.717, 1.165) is 10.2 Å². The molecule has 0 saturated heterocycles. The fraction of sp³-hybridized carbons (Fsp3) is 0.312. The Morgan fingerprint density at radius 1 is 1.15 bits per heavy atom. The van der Waals surface area contributed by atoms with E-state index in [4.69, 9.17) is 0 Å². The monoisotopic (exact) mass is 334 g/mol. The summed E-state index contributed by atoms with van der Waals surface area (Å²) in [7, 11) is 0. The molecule has 1 amide bonds. The van der Waals surface area contributed by atoms with Crippen LogP contribution in [0.5, 0.6) is 0 Å². The number of hydrogen-bond acceptors (Lipinski definition) is 2. The Morgan fingerprint density at radius 3 is 2.60 bits per heavy atom. The summed E-state index contributed by atoms with van der Waals surface area (Å²) in [5.74, 6) is 0.0808. The van der Waals surface area contributed by atoms with Crippen LogP contribution in [0.2, 0.25) is 0 Å². The van der Waals surface area contributed by atoms with Gasteiger partial charge in [0.1, 0.15) is 0 Å². The zero-order chi connectivity index (χ0) is 14.5. The Morgan fingerprint density at radius 2 is 1.85 bits per heavy atom. The molecule has 0 radical (unpaired) electrons. The second kappa shape index (κ2) is 6.75. The number of halogens is 1. The number of nitrogens with one attached hydrogen (secondary N) is 2. The van der Waals surface area contributed by atoms with E-state index in [-0.39, 0.29) is 11.9 Å². The van der Waals surface area contributed by atoms with E-state index >= 15 is 0 Å². The summed E-state index contributed by atoms with van der Waals surface area (Å²) in [6.07, 6.45) is 0.483. The molecule has 2 aromatic rings. The first-order chi connectivity index (χ1) is 9.54. The Bertz CT molecular complexity index is 610. The molecule has 20 heavy (non-hydrogen) atoms. The zero-order valence-electron chi connectivity index (χ0n) is 11.7. The van der Waals surface area contributed by atoms with Crippen molar-refractivity contribution in [1.29, 1.82) is 0 Å². The van der Waals surface area contributed by atoms with Gasteiger partial charge >= 0.3 is 0 Å². The summed E-state index contributed by atoms with van der Waals surface area (Å²) in [6, 6.07) is 12.6. The average Bonchev–Trinajstić information content (AvgIpc) is 2.38. The number of fused-ring (bicyclic) bond motifs is 1. The van der Waals surface area contributed by atoms with Crippen LogP contribution in [0.15, 0.2) is 40.9 Å². The quantitative estimate of drug-likeness (QED) is 0.869. The molecule has 2 aromatic carbocycles. The number of carbonyl (C=O) groups is 1. The molecule has 0 bridgehead atoms. The van der Waals surface area contributed by atoms with Gasteiger partial charge in [-0.1, -0.05) is 28.1 Å². The Labute approximate surface area is 127 Å². The molecule has 0 fully saturated rings. The highest BCUT2D eigenvalue weighted by atomic mass is 79.9. The van der Waals surface area contributed by atoms with Crippen molar-refractivity contribution in [3.63, 3.8) is 0 Å². The third kappa shape index (κ3) is 4.23. The molecule has 0 aliphatic carbocycles. The van der Waals surface area contributed by atoms with Crippen LogP contribution >= 0.6 is 15.9 Å². The molecule has 4 heteroatoms. The maximum atomic E-state index is 11.5. The molecule has 2 rings (SSSR count). The molecule has 0 unspecified atom stereocenters. The van der Waals surface area contributed by atoms with Crippen LogP contribution < -0.4 is 10.6 Å². The minimum absolute atomic E-state index is 0.0808. The number of benzene rings is 2. The van der Waals surface area contributed by atoms with Crippen molar-refractivity contribution in [1.82, 2.24) is 5.32 Å². The number of hydrogen-bond donors (Lipinski definition) is 2. The van der Waals surface area contributed by atoms with Gasteiger partial charge in [0.05, 0.1) is 0 Å². The second-order valence-electron chi connectivity index (χ2n) is 5.11. The molecule has 0 atom stereocenters. The highest BCUT2D eigenvalue weighted by Crippen LogP contribution is 2.22. The predicted molar refractivity (Wildman–Crippen MR) is 88.0 cm³/mol. The fourth-order valence-electron chi connectivity index (χ4n) is 2.04. The Kier molecular flexibility index (Phi) is 5.01. The molecule has 0 aliphatic heterocycles. The predicted octanol–water partition coefficient (Wildman–Crippen LogP) is 3.93. The van der Waals surface area contributed by atoms with Crippen LogP contribution in [0.4, 0.5) is 5.69 Å². The van der Waals surface area contributed by atoms with Gasteiger partial charge in [-0.25, -0.2) is 0 Å². The number of anilines is 1. The third-order valence-corrected chi connectivity index (χ3v) is 3.43. The Balaban J connectivity index is 1.93. The molecule has 0 aliphatic rings. The van der Waals surface area contributed by atoms with Crippen molar-refractivity contribution in [2.45, 2.75) is 26.3 Å². The maximum absolute atomic E-state index is 11.5. The van der Waals surface area contributed by atoms with E-state index in [1.54, 1.807) is 0 Å². The van der Waals surface area contributed by atoms with Gasteiger partial charge in [-0.3, -0.25) is 4.79 Å². The third-order valence-electron chi connectivity index (χ3n) is 2.93. The molecule has 0 spiro atoms. The van der Waals surface area contributed by atoms with Crippen molar-refractivity contribution in [3.05, 3.63) is 40.9 Å². The van der Waals surface area contributed by atoms with Crippen LogP contribution in [0.25, 0.3) is 10.8 Å². The van der Waals surface area contributed by atoms with Crippen LogP contribution in [0, 0.1) is 0 Å². The smallest absolute Gasteiger partial charge is 0.221 e. The van der Waals surface area contributed by atoms with Gasteiger partial charge in [0.25, 0.3) is 0 Å². The first kappa shape index (κ1) is 14.9. The van der Waals surface area contributed by atoms with Gasteiger partial charge in [0.15, 0.2) is 0 Å². The van der Waals surface area contributed by atoms with Crippen molar-refractivity contribution in [2.75, 3.05) is 11.9 Å². The van der Waals surface area contributed by atoms with Gasteiger partial charge in [0.2, 0.25) is 5.91 Å². The summed E-state index contributed by atoms with van der Waals surface area (Å²) in [5.41, 5.74) is 1.04. The first-order valence-electron chi connectivity index (χ1n) is 6.77. The molecule has 0 aromatic heterocycles. The van der Waals surface area contributed by atoms with E-state index in [0.29, 0.717) is 13.0 Å². The van der Waals surface area contributed by atoms with Gasteiger partial charge in [-0.05, 0) is 48.9 Å². The van der Waals surface area contributed by atoms with E-state index in [1.165, 1.54) is 10.8 Å². The van der Waals surface area contributed by atoms with E-state index in [1.807, 2.05) is 26.0 Å². The van der Waals surface area contributed by atoms with E-state index < -0.39 is 0 Å². The SMILES string of the molecule is CC(C)NC(=O)CCNc1ccc2cc(Br)ccc2c1. The van der Waals surface area contributed by atoms with Crippen LogP contribution in [0.1, 0.15) is 20.3 Å². The van der Waals surface area contributed by atoms with Gasteiger partial charge in [-0.15, -0.1) is 0 Å². The molecule has 3 nitrogen and oxygen atoms in total. The summed E-state index contributed by atoms with van der Waals surface area (Å²) < 4.78 is 1.08. The van der Waals surface area contributed by atoms with E-state index in [9.17, 15) is 4.79 Å². The summed E-state index contributed by atoms with van der Waals surface area (Å²) in [6.45, 7) is 4.57. The van der Waals surface area contributed by atoms with Crippen molar-refractivity contribution in [2.24, 2.45) is 0 Å². The summed E-state index contributed by atoms with van der Waals surface area (Å²) in [4.78, 5) is 11.5. The van der Waals surface area contributed by atoms with Crippen molar-refractivity contribution < 1.29 is 4.79 Å². The molecule has 106 valence electrons. The van der Waals surface area contributed by atoms with Gasteiger partial charge in [-0.2, -0.15) is 0 Å². The second-order valence-corrected chi connectivity index (χ2v) is 6.02. The summed E-state index contributed by atoms with van der Waals surface area (Å²) in [5, 5.41) is 8.55. The maximum Gasteiger partial charge on any atom is 0.221 e. The lowest BCUT2D eigenvalue weighted by Crippen LogP contribution is -2.31. The molecule has 0 heterocycles. The normalized spacial score (nSPS) is 10.8. The molecule has 2 N–H and O–H groups in total.